The first-order valence-electron chi connectivity index (χ1n) is 5.94. The van der Waals surface area contributed by atoms with Gasteiger partial charge in [0.15, 0.2) is 0 Å². The molecular formula is C11H20N2S3. The lowest BCUT2D eigenvalue weighted by Gasteiger charge is -2.39. The molecule has 2 nitrogen and oxygen atoms in total. The number of hydrogen-bond donors (Lipinski definition) is 0. The van der Waals surface area contributed by atoms with E-state index in [-0.39, 0.29) is 0 Å². The van der Waals surface area contributed by atoms with Crippen molar-refractivity contribution in [2.24, 2.45) is 0 Å². The zero-order valence-corrected chi connectivity index (χ0v) is 12.5. The van der Waals surface area contributed by atoms with Crippen LogP contribution in [-0.4, -0.2) is 50.3 Å². The van der Waals surface area contributed by atoms with Crippen molar-refractivity contribution in [1.82, 2.24) is 9.80 Å². The molecule has 2 saturated heterocycles. The second-order valence-corrected chi connectivity index (χ2v) is 7.72. The molecule has 0 aromatic heterocycles. The maximum absolute atomic E-state index is 5.40. The Balaban J connectivity index is 1.84. The van der Waals surface area contributed by atoms with Gasteiger partial charge in [-0.25, -0.2) is 0 Å². The SMILES string of the molecule is CC(C)N1CN(CC2CCCS2)CSC1=S. The first-order valence-corrected chi connectivity index (χ1v) is 8.38. The molecule has 0 aromatic rings. The Kier molecular flexibility index (Phi) is 4.82. The Hall–Kier alpha value is 0.550. The van der Waals surface area contributed by atoms with Crippen LogP contribution in [0.4, 0.5) is 0 Å². The maximum atomic E-state index is 5.40. The largest absolute Gasteiger partial charge is 0.342 e. The van der Waals surface area contributed by atoms with Crippen molar-refractivity contribution >= 4 is 40.1 Å². The van der Waals surface area contributed by atoms with Gasteiger partial charge in [0.1, 0.15) is 4.32 Å². The van der Waals surface area contributed by atoms with Crippen molar-refractivity contribution in [2.45, 2.75) is 38.0 Å². The molecule has 2 aliphatic heterocycles. The Morgan fingerprint density at radius 1 is 1.50 bits per heavy atom. The minimum Gasteiger partial charge on any atom is -0.342 e. The number of thiocarbonyl (C=S) groups is 1. The molecule has 16 heavy (non-hydrogen) atoms. The summed E-state index contributed by atoms with van der Waals surface area (Å²) in [6.45, 7) is 6.71. The van der Waals surface area contributed by atoms with Gasteiger partial charge in [-0.15, -0.1) is 0 Å². The lowest BCUT2D eigenvalue weighted by atomic mass is 10.2. The monoisotopic (exact) mass is 276 g/mol. The van der Waals surface area contributed by atoms with Gasteiger partial charge < -0.3 is 4.90 Å². The van der Waals surface area contributed by atoms with Crippen LogP contribution in [0, 0.1) is 0 Å². The standard InChI is InChI=1S/C11H20N2S3/c1-9(2)13-7-12(8-16-11(13)14)6-10-4-3-5-15-10/h9-10H,3-8H2,1-2H3. The Morgan fingerprint density at radius 2 is 2.31 bits per heavy atom. The second-order valence-electron chi connectivity index (χ2n) is 4.73. The molecule has 0 aromatic carbocycles. The normalized spacial score (nSPS) is 28.1. The third-order valence-corrected chi connectivity index (χ3v) is 6.01. The Labute approximate surface area is 113 Å². The van der Waals surface area contributed by atoms with E-state index >= 15 is 0 Å². The van der Waals surface area contributed by atoms with Crippen molar-refractivity contribution < 1.29 is 0 Å². The van der Waals surface area contributed by atoms with Crippen LogP contribution in [0.2, 0.25) is 0 Å². The molecule has 0 bridgehead atoms. The average molecular weight is 276 g/mol. The fourth-order valence-corrected chi connectivity index (χ4v) is 4.76. The topological polar surface area (TPSA) is 6.48 Å². The van der Waals surface area contributed by atoms with E-state index in [4.69, 9.17) is 12.2 Å². The minimum absolute atomic E-state index is 0.527. The van der Waals surface area contributed by atoms with E-state index in [0.29, 0.717) is 6.04 Å². The van der Waals surface area contributed by atoms with E-state index in [1.807, 2.05) is 11.8 Å². The van der Waals surface area contributed by atoms with Gasteiger partial charge in [-0.2, -0.15) is 11.8 Å². The quantitative estimate of drug-likeness (QED) is 0.729. The van der Waals surface area contributed by atoms with E-state index in [2.05, 4.69) is 35.4 Å². The lowest BCUT2D eigenvalue weighted by Crippen LogP contribution is -2.49. The fourth-order valence-electron chi connectivity index (χ4n) is 2.10. The summed E-state index contributed by atoms with van der Waals surface area (Å²) in [5.74, 6) is 2.44. The number of thioether (sulfide) groups is 2. The van der Waals surface area contributed by atoms with E-state index in [1.54, 1.807) is 0 Å². The van der Waals surface area contributed by atoms with E-state index < -0.39 is 0 Å². The lowest BCUT2D eigenvalue weighted by molar-refractivity contribution is 0.188. The summed E-state index contributed by atoms with van der Waals surface area (Å²) in [7, 11) is 0. The molecule has 5 heteroatoms. The summed E-state index contributed by atoms with van der Waals surface area (Å²) in [5.41, 5.74) is 0. The molecular weight excluding hydrogens is 256 g/mol. The molecule has 0 amide bonds. The van der Waals surface area contributed by atoms with Gasteiger partial charge in [0, 0.05) is 17.8 Å². The molecule has 0 spiro atoms. The minimum atomic E-state index is 0.527. The van der Waals surface area contributed by atoms with Gasteiger partial charge in [0.25, 0.3) is 0 Å². The van der Waals surface area contributed by atoms with Crippen LogP contribution in [0.3, 0.4) is 0 Å². The smallest absolute Gasteiger partial charge is 0.138 e. The zero-order chi connectivity index (χ0) is 11.5. The van der Waals surface area contributed by atoms with Crippen molar-refractivity contribution in [3.63, 3.8) is 0 Å². The van der Waals surface area contributed by atoms with Gasteiger partial charge in [-0.3, -0.25) is 4.90 Å². The molecule has 1 atom stereocenters. The third kappa shape index (κ3) is 3.28. The number of rotatable bonds is 3. The molecule has 2 fully saturated rings. The number of hydrogen-bond acceptors (Lipinski definition) is 4. The highest BCUT2D eigenvalue weighted by Crippen LogP contribution is 2.29. The van der Waals surface area contributed by atoms with E-state index in [0.717, 1.165) is 22.1 Å². The van der Waals surface area contributed by atoms with Crippen LogP contribution in [0.25, 0.3) is 0 Å². The van der Waals surface area contributed by atoms with Crippen molar-refractivity contribution in [3.8, 4) is 0 Å². The molecule has 0 aliphatic carbocycles. The average Bonchev–Trinajstić information content (AvgIpc) is 2.73. The summed E-state index contributed by atoms with van der Waals surface area (Å²) in [6.07, 6.45) is 2.81. The highest BCUT2D eigenvalue weighted by molar-refractivity contribution is 8.22. The van der Waals surface area contributed by atoms with Gasteiger partial charge in [0.05, 0.1) is 12.5 Å². The fraction of sp³-hybridized carbons (Fsp3) is 0.909. The van der Waals surface area contributed by atoms with Crippen LogP contribution >= 0.6 is 35.7 Å². The molecule has 1 unspecified atom stereocenters. The highest BCUT2D eigenvalue weighted by atomic mass is 32.2. The molecule has 2 heterocycles. The summed E-state index contributed by atoms with van der Waals surface area (Å²) < 4.78 is 1.07. The van der Waals surface area contributed by atoms with Crippen LogP contribution in [-0.2, 0) is 0 Å². The van der Waals surface area contributed by atoms with E-state index in [9.17, 15) is 0 Å². The van der Waals surface area contributed by atoms with Crippen molar-refractivity contribution in [2.75, 3.05) is 24.8 Å². The summed E-state index contributed by atoms with van der Waals surface area (Å²) in [4.78, 5) is 4.88. The maximum Gasteiger partial charge on any atom is 0.138 e. The van der Waals surface area contributed by atoms with Crippen LogP contribution in [0.15, 0.2) is 0 Å². The number of nitrogens with zero attached hydrogens (tertiary/aromatic N) is 2. The first kappa shape index (κ1) is 13.0. The third-order valence-electron chi connectivity index (χ3n) is 3.07. The Bertz CT molecular complexity index is 252. The highest BCUT2D eigenvalue weighted by Gasteiger charge is 2.26. The van der Waals surface area contributed by atoms with Gasteiger partial charge in [-0.05, 0) is 32.4 Å². The predicted octanol–water partition coefficient (Wildman–Crippen LogP) is 2.84. The van der Waals surface area contributed by atoms with Gasteiger partial charge >= 0.3 is 0 Å². The summed E-state index contributed by atoms with van der Waals surface area (Å²) >= 11 is 9.36. The van der Waals surface area contributed by atoms with Gasteiger partial charge in [0.2, 0.25) is 0 Å². The molecule has 0 radical (unpaired) electrons. The van der Waals surface area contributed by atoms with Crippen LogP contribution in [0.1, 0.15) is 26.7 Å². The zero-order valence-electron chi connectivity index (χ0n) is 10.0. The predicted molar refractivity (Wildman–Crippen MR) is 79.1 cm³/mol. The second kappa shape index (κ2) is 5.94. The molecule has 2 aliphatic rings. The van der Waals surface area contributed by atoms with Crippen LogP contribution in [0.5, 0.6) is 0 Å². The Morgan fingerprint density at radius 3 is 2.94 bits per heavy atom. The molecule has 92 valence electrons. The molecule has 2 rings (SSSR count). The van der Waals surface area contributed by atoms with Crippen LogP contribution < -0.4 is 0 Å². The van der Waals surface area contributed by atoms with E-state index in [1.165, 1.54) is 25.1 Å². The van der Waals surface area contributed by atoms with Crippen molar-refractivity contribution in [1.29, 1.82) is 0 Å². The van der Waals surface area contributed by atoms with Crippen molar-refractivity contribution in [3.05, 3.63) is 0 Å². The van der Waals surface area contributed by atoms with Gasteiger partial charge in [-0.1, -0.05) is 24.0 Å². The molecule has 0 N–H and O–H groups in total. The first-order chi connectivity index (χ1) is 7.66. The summed E-state index contributed by atoms with van der Waals surface area (Å²) in [5, 5.41) is 0.862. The summed E-state index contributed by atoms with van der Waals surface area (Å²) in [6, 6.07) is 0.527. The molecule has 0 saturated carbocycles.